The van der Waals surface area contributed by atoms with E-state index in [1.165, 1.54) is 5.56 Å². The van der Waals surface area contributed by atoms with E-state index in [9.17, 15) is 0 Å². The average Bonchev–Trinajstić information content (AvgIpc) is 2.30. The molecule has 3 N–H and O–H groups in total. The minimum atomic E-state index is 0.239. The fraction of sp³-hybridized carbons (Fsp3) is 0.571. The Bertz CT molecular complexity index is 293. The summed E-state index contributed by atoms with van der Waals surface area (Å²) in [6.07, 6.45) is 1.11. The van der Waals surface area contributed by atoms with Gasteiger partial charge in [-0.05, 0) is 37.4 Å². The fourth-order valence-electron chi connectivity index (χ4n) is 1.59. The minimum absolute atomic E-state index is 0.239. The molecule has 0 aliphatic heterocycles. The SMILES string of the molecule is CC(NCCC(C)(C)CN)c1ccccc1. The Balaban J connectivity index is 2.34. The summed E-state index contributed by atoms with van der Waals surface area (Å²) in [7, 11) is 0. The minimum Gasteiger partial charge on any atom is -0.330 e. The molecule has 0 spiro atoms. The molecule has 1 atom stereocenters. The van der Waals surface area contributed by atoms with Gasteiger partial charge in [0, 0.05) is 6.04 Å². The van der Waals surface area contributed by atoms with Crippen molar-refractivity contribution in [2.24, 2.45) is 11.1 Å². The zero-order valence-electron chi connectivity index (χ0n) is 10.7. The molecule has 0 heterocycles. The lowest BCUT2D eigenvalue weighted by atomic mass is 9.89. The van der Waals surface area contributed by atoms with Crippen LogP contribution in [0.25, 0.3) is 0 Å². The highest BCUT2D eigenvalue weighted by Gasteiger charge is 2.15. The number of hydrogen-bond donors (Lipinski definition) is 2. The molecule has 16 heavy (non-hydrogen) atoms. The van der Waals surface area contributed by atoms with Crippen molar-refractivity contribution < 1.29 is 0 Å². The van der Waals surface area contributed by atoms with Crippen molar-refractivity contribution in [3.63, 3.8) is 0 Å². The monoisotopic (exact) mass is 220 g/mol. The van der Waals surface area contributed by atoms with Gasteiger partial charge in [0.15, 0.2) is 0 Å². The standard InChI is InChI=1S/C14H24N2/c1-12(13-7-5-4-6-8-13)16-10-9-14(2,3)11-15/h4-8,12,16H,9-11,15H2,1-3H3. The van der Waals surface area contributed by atoms with Crippen LogP contribution in [0.15, 0.2) is 30.3 Å². The van der Waals surface area contributed by atoms with Crippen LogP contribution in [0, 0.1) is 5.41 Å². The molecule has 1 unspecified atom stereocenters. The maximum atomic E-state index is 5.71. The van der Waals surface area contributed by atoms with Gasteiger partial charge >= 0.3 is 0 Å². The second-order valence-corrected chi connectivity index (χ2v) is 5.20. The van der Waals surface area contributed by atoms with Crippen molar-refractivity contribution in [1.29, 1.82) is 0 Å². The number of hydrogen-bond acceptors (Lipinski definition) is 2. The maximum Gasteiger partial charge on any atom is 0.0291 e. The smallest absolute Gasteiger partial charge is 0.0291 e. The van der Waals surface area contributed by atoms with Crippen LogP contribution in [0.4, 0.5) is 0 Å². The number of nitrogens with two attached hydrogens (primary N) is 1. The topological polar surface area (TPSA) is 38.0 Å². The Kier molecular flexibility index (Phi) is 4.97. The van der Waals surface area contributed by atoms with E-state index in [1.54, 1.807) is 0 Å². The molecule has 1 aromatic carbocycles. The van der Waals surface area contributed by atoms with Gasteiger partial charge in [-0.3, -0.25) is 0 Å². The zero-order chi connectivity index (χ0) is 12.0. The highest BCUT2D eigenvalue weighted by molar-refractivity contribution is 5.17. The molecule has 2 heteroatoms. The summed E-state index contributed by atoms with van der Waals surface area (Å²) in [5, 5.41) is 3.53. The van der Waals surface area contributed by atoms with Gasteiger partial charge in [-0.2, -0.15) is 0 Å². The van der Waals surface area contributed by atoms with Crippen molar-refractivity contribution in [3.05, 3.63) is 35.9 Å². The van der Waals surface area contributed by atoms with Gasteiger partial charge in [0.25, 0.3) is 0 Å². The number of rotatable bonds is 6. The summed E-state index contributed by atoms with van der Waals surface area (Å²) in [4.78, 5) is 0. The van der Waals surface area contributed by atoms with E-state index in [0.29, 0.717) is 6.04 Å². The lowest BCUT2D eigenvalue weighted by molar-refractivity contribution is 0.332. The molecule has 1 aromatic rings. The van der Waals surface area contributed by atoms with Gasteiger partial charge in [-0.25, -0.2) is 0 Å². The van der Waals surface area contributed by atoms with Crippen molar-refractivity contribution >= 4 is 0 Å². The van der Waals surface area contributed by atoms with Crippen LogP contribution in [0.2, 0.25) is 0 Å². The predicted molar refractivity (Wildman–Crippen MR) is 70.3 cm³/mol. The number of nitrogens with one attached hydrogen (secondary N) is 1. The van der Waals surface area contributed by atoms with Gasteiger partial charge in [-0.15, -0.1) is 0 Å². The predicted octanol–water partition coefficient (Wildman–Crippen LogP) is 2.71. The Labute approximate surface area is 99.2 Å². The van der Waals surface area contributed by atoms with E-state index in [-0.39, 0.29) is 5.41 Å². The van der Waals surface area contributed by atoms with Crippen LogP contribution in [0.1, 0.15) is 38.8 Å². The summed E-state index contributed by atoms with van der Waals surface area (Å²) in [6.45, 7) is 8.38. The van der Waals surface area contributed by atoms with Gasteiger partial charge in [0.1, 0.15) is 0 Å². The number of benzene rings is 1. The highest BCUT2D eigenvalue weighted by Crippen LogP contribution is 2.18. The highest BCUT2D eigenvalue weighted by atomic mass is 14.9. The van der Waals surface area contributed by atoms with Crippen LogP contribution < -0.4 is 11.1 Å². The normalized spacial score (nSPS) is 13.8. The summed E-state index contributed by atoms with van der Waals surface area (Å²) in [6, 6.07) is 10.9. The van der Waals surface area contributed by atoms with Crippen molar-refractivity contribution in [1.82, 2.24) is 5.32 Å². The molecular formula is C14H24N2. The van der Waals surface area contributed by atoms with Crippen LogP contribution in [0.3, 0.4) is 0 Å². The third-order valence-corrected chi connectivity index (χ3v) is 3.10. The molecule has 0 aliphatic carbocycles. The third-order valence-electron chi connectivity index (χ3n) is 3.10. The van der Waals surface area contributed by atoms with Crippen LogP contribution >= 0.6 is 0 Å². The van der Waals surface area contributed by atoms with Gasteiger partial charge in [-0.1, -0.05) is 44.2 Å². The molecule has 1 rings (SSSR count). The van der Waals surface area contributed by atoms with E-state index >= 15 is 0 Å². The lowest BCUT2D eigenvalue weighted by Gasteiger charge is -2.23. The van der Waals surface area contributed by atoms with Crippen LogP contribution in [-0.2, 0) is 0 Å². The summed E-state index contributed by atoms with van der Waals surface area (Å²) in [5.74, 6) is 0. The van der Waals surface area contributed by atoms with Crippen molar-refractivity contribution in [2.45, 2.75) is 33.2 Å². The Morgan fingerprint density at radius 2 is 1.88 bits per heavy atom. The summed E-state index contributed by atoms with van der Waals surface area (Å²) < 4.78 is 0. The van der Waals surface area contributed by atoms with Gasteiger partial charge < -0.3 is 11.1 Å². The molecule has 0 amide bonds. The second-order valence-electron chi connectivity index (χ2n) is 5.20. The largest absolute Gasteiger partial charge is 0.330 e. The Hall–Kier alpha value is -0.860. The van der Waals surface area contributed by atoms with E-state index in [0.717, 1.165) is 19.5 Å². The molecule has 90 valence electrons. The Morgan fingerprint density at radius 1 is 1.25 bits per heavy atom. The van der Waals surface area contributed by atoms with E-state index in [4.69, 9.17) is 5.73 Å². The average molecular weight is 220 g/mol. The summed E-state index contributed by atoms with van der Waals surface area (Å²) in [5.41, 5.74) is 7.29. The molecule has 0 radical (unpaired) electrons. The fourth-order valence-corrected chi connectivity index (χ4v) is 1.59. The molecule has 0 bridgehead atoms. The molecule has 0 fully saturated rings. The quantitative estimate of drug-likeness (QED) is 0.773. The third kappa shape index (κ3) is 4.33. The van der Waals surface area contributed by atoms with Gasteiger partial charge in [0.2, 0.25) is 0 Å². The van der Waals surface area contributed by atoms with E-state index in [2.05, 4.69) is 50.4 Å². The molecule has 0 aliphatic rings. The molecule has 0 aromatic heterocycles. The lowest BCUT2D eigenvalue weighted by Crippen LogP contribution is -2.29. The first-order chi connectivity index (χ1) is 7.55. The Morgan fingerprint density at radius 3 is 2.44 bits per heavy atom. The molecule has 0 saturated heterocycles. The van der Waals surface area contributed by atoms with Crippen LogP contribution in [-0.4, -0.2) is 13.1 Å². The summed E-state index contributed by atoms with van der Waals surface area (Å²) >= 11 is 0. The molecular weight excluding hydrogens is 196 g/mol. The van der Waals surface area contributed by atoms with Gasteiger partial charge in [0.05, 0.1) is 0 Å². The molecule has 2 nitrogen and oxygen atoms in total. The first-order valence-electron chi connectivity index (χ1n) is 6.03. The van der Waals surface area contributed by atoms with Crippen molar-refractivity contribution in [3.8, 4) is 0 Å². The zero-order valence-corrected chi connectivity index (χ0v) is 10.7. The van der Waals surface area contributed by atoms with Crippen molar-refractivity contribution in [2.75, 3.05) is 13.1 Å². The van der Waals surface area contributed by atoms with Crippen LogP contribution in [0.5, 0.6) is 0 Å². The maximum absolute atomic E-state index is 5.71. The van der Waals surface area contributed by atoms with E-state index < -0.39 is 0 Å². The first kappa shape index (κ1) is 13.2. The first-order valence-corrected chi connectivity index (χ1v) is 6.03. The van der Waals surface area contributed by atoms with E-state index in [1.807, 2.05) is 6.07 Å². The molecule has 0 saturated carbocycles. The second kappa shape index (κ2) is 6.02.